The van der Waals surface area contributed by atoms with E-state index >= 15 is 0 Å². The van der Waals surface area contributed by atoms with Crippen molar-refractivity contribution in [1.82, 2.24) is 4.90 Å². The fourth-order valence-corrected chi connectivity index (χ4v) is 2.85. The van der Waals surface area contributed by atoms with Crippen LogP contribution in [0.3, 0.4) is 0 Å². The number of benzene rings is 1. The molecule has 2 amide bonds. The van der Waals surface area contributed by atoms with Crippen LogP contribution < -0.4 is 5.32 Å². The molecule has 24 heavy (non-hydrogen) atoms. The summed E-state index contributed by atoms with van der Waals surface area (Å²) in [5.41, 5.74) is 1.59. The maximum Gasteiger partial charge on any atom is 0.310 e. The molecule has 1 aromatic carbocycles. The Kier molecular flexibility index (Phi) is 6.35. The molecule has 0 aliphatic carbocycles. The van der Waals surface area contributed by atoms with Gasteiger partial charge in [0.2, 0.25) is 11.8 Å². The van der Waals surface area contributed by atoms with E-state index in [0.29, 0.717) is 25.4 Å². The molecule has 1 aliphatic rings. The average molecular weight is 332 g/mol. The van der Waals surface area contributed by atoms with Crippen molar-refractivity contribution in [2.45, 2.75) is 33.1 Å². The van der Waals surface area contributed by atoms with Gasteiger partial charge in [-0.1, -0.05) is 12.1 Å². The average Bonchev–Trinajstić information content (AvgIpc) is 2.56. The number of piperidine rings is 1. The van der Waals surface area contributed by atoms with Crippen molar-refractivity contribution >= 4 is 23.5 Å². The number of ether oxygens (including phenoxy) is 1. The SMILES string of the molecule is CCOC(=O)[C@@H]1CCCN(C(=O)Cc2ccc(NC(C)=O)cc2)C1. The molecule has 0 spiro atoms. The van der Waals surface area contributed by atoms with Gasteiger partial charge in [0, 0.05) is 25.7 Å². The molecule has 6 nitrogen and oxygen atoms in total. The minimum atomic E-state index is -0.218. The number of esters is 1. The lowest BCUT2D eigenvalue weighted by Crippen LogP contribution is -2.43. The Morgan fingerprint density at radius 1 is 1.25 bits per heavy atom. The Labute approximate surface area is 142 Å². The van der Waals surface area contributed by atoms with Crippen molar-refractivity contribution in [3.05, 3.63) is 29.8 Å². The molecule has 0 bridgehead atoms. The Hall–Kier alpha value is -2.37. The van der Waals surface area contributed by atoms with Crippen molar-refractivity contribution in [2.75, 3.05) is 25.0 Å². The summed E-state index contributed by atoms with van der Waals surface area (Å²) in [4.78, 5) is 37.1. The van der Waals surface area contributed by atoms with Gasteiger partial charge in [-0.25, -0.2) is 0 Å². The van der Waals surface area contributed by atoms with Crippen molar-refractivity contribution in [1.29, 1.82) is 0 Å². The predicted octanol–water partition coefficient (Wildman–Crippen LogP) is 1.99. The first kappa shape index (κ1) is 18.0. The van der Waals surface area contributed by atoms with E-state index in [1.807, 2.05) is 12.1 Å². The summed E-state index contributed by atoms with van der Waals surface area (Å²) in [7, 11) is 0. The van der Waals surface area contributed by atoms with Gasteiger partial charge in [0.05, 0.1) is 18.9 Å². The van der Waals surface area contributed by atoms with Gasteiger partial charge in [0.1, 0.15) is 0 Å². The molecule has 1 atom stereocenters. The summed E-state index contributed by atoms with van der Waals surface area (Å²) in [6, 6.07) is 7.22. The van der Waals surface area contributed by atoms with E-state index in [2.05, 4.69) is 5.32 Å². The lowest BCUT2D eigenvalue weighted by Gasteiger charge is -2.31. The van der Waals surface area contributed by atoms with E-state index in [9.17, 15) is 14.4 Å². The maximum atomic E-state index is 12.5. The molecule has 0 unspecified atom stereocenters. The standard InChI is InChI=1S/C18H24N2O4/c1-3-24-18(23)15-5-4-10-20(12-15)17(22)11-14-6-8-16(9-7-14)19-13(2)21/h6-9,15H,3-5,10-12H2,1-2H3,(H,19,21)/t15-/m1/s1. The molecule has 1 heterocycles. The molecule has 1 aromatic rings. The molecule has 6 heteroatoms. The number of amides is 2. The van der Waals surface area contributed by atoms with Crippen molar-refractivity contribution < 1.29 is 19.1 Å². The molecule has 0 saturated carbocycles. The fourth-order valence-electron chi connectivity index (χ4n) is 2.85. The largest absolute Gasteiger partial charge is 0.466 e. The minimum absolute atomic E-state index is 0.0104. The molecule has 1 N–H and O–H groups in total. The summed E-state index contributed by atoms with van der Waals surface area (Å²) in [5, 5.41) is 2.69. The van der Waals surface area contributed by atoms with Crippen LogP contribution in [0.4, 0.5) is 5.69 Å². The Balaban J connectivity index is 1.91. The number of hydrogen-bond donors (Lipinski definition) is 1. The molecular formula is C18H24N2O4. The van der Waals surface area contributed by atoms with Gasteiger partial charge < -0.3 is 15.0 Å². The van der Waals surface area contributed by atoms with Crippen LogP contribution >= 0.6 is 0 Å². The molecule has 0 radical (unpaired) electrons. The van der Waals surface area contributed by atoms with Crippen molar-refractivity contribution in [3.63, 3.8) is 0 Å². The van der Waals surface area contributed by atoms with Gasteiger partial charge in [0.15, 0.2) is 0 Å². The maximum absolute atomic E-state index is 12.5. The third kappa shape index (κ3) is 5.08. The topological polar surface area (TPSA) is 75.7 Å². The molecule has 0 aromatic heterocycles. The fraction of sp³-hybridized carbons (Fsp3) is 0.500. The number of rotatable bonds is 5. The summed E-state index contributed by atoms with van der Waals surface area (Å²) < 4.78 is 5.06. The van der Waals surface area contributed by atoms with E-state index in [4.69, 9.17) is 4.74 Å². The summed E-state index contributed by atoms with van der Waals surface area (Å²) in [6.45, 7) is 4.71. The Morgan fingerprint density at radius 2 is 1.96 bits per heavy atom. The third-order valence-electron chi connectivity index (χ3n) is 4.02. The van der Waals surface area contributed by atoms with Crippen LogP contribution in [0.1, 0.15) is 32.3 Å². The first-order valence-corrected chi connectivity index (χ1v) is 8.30. The molecule has 1 aliphatic heterocycles. The predicted molar refractivity (Wildman–Crippen MR) is 90.4 cm³/mol. The van der Waals surface area contributed by atoms with Crippen LogP contribution in [0, 0.1) is 5.92 Å². The molecular weight excluding hydrogens is 308 g/mol. The first-order chi connectivity index (χ1) is 11.5. The van der Waals surface area contributed by atoms with Gasteiger partial charge in [0.25, 0.3) is 0 Å². The van der Waals surface area contributed by atoms with E-state index in [-0.39, 0.29) is 30.1 Å². The highest BCUT2D eigenvalue weighted by Gasteiger charge is 2.29. The zero-order valence-corrected chi connectivity index (χ0v) is 14.2. The molecule has 1 fully saturated rings. The minimum Gasteiger partial charge on any atom is -0.466 e. The van der Waals surface area contributed by atoms with Gasteiger partial charge in [-0.2, -0.15) is 0 Å². The van der Waals surface area contributed by atoms with Crippen molar-refractivity contribution in [2.24, 2.45) is 5.92 Å². The van der Waals surface area contributed by atoms with Gasteiger partial charge in [-0.05, 0) is 37.5 Å². The van der Waals surface area contributed by atoms with Gasteiger partial charge >= 0.3 is 5.97 Å². The van der Waals surface area contributed by atoms with Gasteiger partial charge in [-0.3, -0.25) is 14.4 Å². The van der Waals surface area contributed by atoms with Crippen LogP contribution in [0.25, 0.3) is 0 Å². The van der Waals surface area contributed by atoms with Gasteiger partial charge in [-0.15, -0.1) is 0 Å². The smallest absolute Gasteiger partial charge is 0.310 e. The van der Waals surface area contributed by atoms with Crippen LogP contribution in [0.15, 0.2) is 24.3 Å². The number of hydrogen-bond acceptors (Lipinski definition) is 4. The highest BCUT2D eigenvalue weighted by molar-refractivity contribution is 5.88. The zero-order valence-electron chi connectivity index (χ0n) is 14.2. The van der Waals surface area contributed by atoms with Crippen LogP contribution in [-0.4, -0.2) is 42.4 Å². The van der Waals surface area contributed by atoms with Crippen LogP contribution in [-0.2, 0) is 25.5 Å². The zero-order chi connectivity index (χ0) is 17.5. The van der Waals surface area contributed by atoms with E-state index in [1.165, 1.54) is 6.92 Å². The Morgan fingerprint density at radius 3 is 2.58 bits per heavy atom. The summed E-state index contributed by atoms with van der Waals surface area (Å²) in [5.74, 6) is -0.548. The second-order valence-corrected chi connectivity index (χ2v) is 5.99. The number of carbonyl (C=O) groups excluding carboxylic acids is 3. The van der Waals surface area contributed by atoms with E-state index in [0.717, 1.165) is 18.4 Å². The molecule has 130 valence electrons. The lowest BCUT2D eigenvalue weighted by atomic mass is 9.97. The number of likely N-dealkylation sites (tertiary alicyclic amines) is 1. The van der Waals surface area contributed by atoms with Crippen molar-refractivity contribution in [3.8, 4) is 0 Å². The monoisotopic (exact) mass is 332 g/mol. The normalized spacial score (nSPS) is 17.2. The summed E-state index contributed by atoms with van der Waals surface area (Å²) >= 11 is 0. The third-order valence-corrected chi connectivity index (χ3v) is 4.02. The van der Waals surface area contributed by atoms with E-state index in [1.54, 1.807) is 24.0 Å². The number of anilines is 1. The lowest BCUT2D eigenvalue weighted by molar-refractivity contribution is -0.151. The highest BCUT2D eigenvalue weighted by atomic mass is 16.5. The second-order valence-electron chi connectivity index (χ2n) is 5.99. The van der Waals surface area contributed by atoms with E-state index < -0.39 is 0 Å². The number of carbonyl (C=O) groups is 3. The molecule has 1 saturated heterocycles. The van der Waals surface area contributed by atoms with Crippen LogP contribution in [0.2, 0.25) is 0 Å². The first-order valence-electron chi connectivity index (χ1n) is 8.30. The molecule has 2 rings (SSSR count). The summed E-state index contributed by atoms with van der Waals surface area (Å²) in [6.07, 6.45) is 1.88. The quantitative estimate of drug-likeness (QED) is 0.837. The number of nitrogens with one attached hydrogen (secondary N) is 1. The van der Waals surface area contributed by atoms with Crippen LogP contribution in [0.5, 0.6) is 0 Å². The number of nitrogens with zero attached hydrogens (tertiary/aromatic N) is 1. The highest BCUT2D eigenvalue weighted by Crippen LogP contribution is 2.19. The second kappa shape index (κ2) is 8.47. The Bertz CT molecular complexity index is 598.